The summed E-state index contributed by atoms with van der Waals surface area (Å²) in [4.78, 5) is 18.7. The van der Waals surface area contributed by atoms with E-state index in [1.54, 1.807) is 25.1 Å². The number of fused-ring (bicyclic) bond motifs is 1. The Hall–Kier alpha value is -2.85. The molecule has 35 heavy (non-hydrogen) atoms. The molecule has 0 saturated carbocycles. The molecule has 2 heterocycles. The number of rotatable bonds is 9. The van der Waals surface area contributed by atoms with Crippen LogP contribution in [0.3, 0.4) is 0 Å². The number of hydrogen-bond acceptors (Lipinski definition) is 7. The maximum Gasteiger partial charge on any atom is 0.275 e. The summed E-state index contributed by atoms with van der Waals surface area (Å²) >= 11 is 7.36. The Labute approximate surface area is 212 Å². The Kier molecular flexibility index (Phi) is 7.51. The van der Waals surface area contributed by atoms with Crippen LogP contribution >= 0.6 is 22.9 Å². The van der Waals surface area contributed by atoms with E-state index in [1.807, 2.05) is 30.3 Å². The van der Waals surface area contributed by atoms with Crippen molar-refractivity contribution in [3.63, 3.8) is 0 Å². The van der Waals surface area contributed by atoms with Crippen LogP contribution in [0.4, 0.5) is 0 Å². The van der Waals surface area contributed by atoms with Gasteiger partial charge in [-0.2, -0.15) is 0 Å². The number of benzene rings is 2. The van der Waals surface area contributed by atoms with Crippen molar-refractivity contribution in [2.45, 2.75) is 13.0 Å². The monoisotopic (exact) mass is 532 g/mol. The number of ether oxygens (including phenoxy) is 2. The van der Waals surface area contributed by atoms with Gasteiger partial charge in [0.25, 0.3) is 5.56 Å². The normalized spacial score (nSPS) is 13.9. The summed E-state index contributed by atoms with van der Waals surface area (Å²) in [5.41, 5.74) is 1.94. The maximum atomic E-state index is 13.3. The SMILES string of the molecule is C=S(=O)(CC)CC(O)COc1ccc(-n2cnc3cc(-c4ccc(Cl)cc4)sc3c2=O)cc1OC. The van der Waals surface area contributed by atoms with Gasteiger partial charge in [-0.25, -0.2) is 4.98 Å². The van der Waals surface area contributed by atoms with Crippen molar-refractivity contribution in [1.29, 1.82) is 0 Å². The van der Waals surface area contributed by atoms with Crippen molar-refractivity contribution < 1.29 is 18.8 Å². The molecule has 184 valence electrons. The van der Waals surface area contributed by atoms with Crippen LogP contribution < -0.4 is 15.0 Å². The molecule has 2 aromatic heterocycles. The largest absolute Gasteiger partial charge is 0.493 e. The summed E-state index contributed by atoms with van der Waals surface area (Å²) < 4.78 is 25.2. The molecule has 7 nitrogen and oxygen atoms in total. The molecule has 0 amide bonds. The number of hydrogen-bond donors (Lipinski definition) is 1. The first-order valence-corrected chi connectivity index (χ1v) is 14.1. The predicted octanol–water partition coefficient (Wildman–Crippen LogP) is 4.25. The highest BCUT2D eigenvalue weighted by molar-refractivity contribution is 8.00. The molecule has 2 unspecified atom stereocenters. The number of halogens is 1. The third kappa shape index (κ3) is 5.70. The fourth-order valence-corrected chi connectivity index (χ4v) is 5.69. The molecule has 0 bridgehead atoms. The average Bonchev–Trinajstić information content (AvgIpc) is 3.28. The molecule has 0 spiro atoms. The molecule has 2 atom stereocenters. The number of aromatic nitrogens is 2. The minimum absolute atomic E-state index is 0.0572. The van der Waals surface area contributed by atoms with Gasteiger partial charge >= 0.3 is 0 Å². The molecule has 2 aromatic carbocycles. The van der Waals surface area contributed by atoms with Gasteiger partial charge in [-0.15, -0.1) is 11.3 Å². The molecular formula is C25H25ClN2O5S2. The van der Waals surface area contributed by atoms with Crippen molar-refractivity contribution in [2.24, 2.45) is 0 Å². The smallest absolute Gasteiger partial charge is 0.275 e. The molecule has 10 heteroatoms. The van der Waals surface area contributed by atoms with E-state index < -0.39 is 15.6 Å². The lowest BCUT2D eigenvalue weighted by Crippen LogP contribution is -2.27. The second-order valence-corrected chi connectivity index (χ2v) is 12.3. The van der Waals surface area contributed by atoms with Crippen LogP contribution in [0, 0.1) is 0 Å². The molecule has 0 aliphatic carbocycles. The Morgan fingerprint density at radius 3 is 2.63 bits per heavy atom. The van der Waals surface area contributed by atoms with Crippen molar-refractivity contribution in [1.82, 2.24) is 9.55 Å². The Balaban J connectivity index is 1.60. The number of methoxy groups -OCH3 is 1. The minimum atomic E-state index is -2.33. The van der Waals surface area contributed by atoms with E-state index in [0.717, 1.165) is 10.4 Å². The van der Waals surface area contributed by atoms with Gasteiger partial charge in [0.05, 0.1) is 24.4 Å². The van der Waals surface area contributed by atoms with Crippen LogP contribution in [0.15, 0.2) is 59.7 Å². The molecule has 0 aliphatic heterocycles. The third-order valence-corrected chi connectivity index (χ3v) is 8.90. The maximum absolute atomic E-state index is 13.3. The lowest BCUT2D eigenvalue weighted by atomic mass is 10.2. The molecule has 0 aliphatic rings. The number of aliphatic hydroxyl groups excluding tert-OH is 1. The summed E-state index contributed by atoms with van der Waals surface area (Å²) in [6.07, 6.45) is 0.560. The van der Waals surface area contributed by atoms with Gasteiger partial charge in [0.1, 0.15) is 17.6 Å². The zero-order valence-electron chi connectivity index (χ0n) is 19.3. The van der Waals surface area contributed by atoms with Crippen LogP contribution in [0.5, 0.6) is 11.5 Å². The molecular weight excluding hydrogens is 508 g/mol. The first kappa shape index (κ1) is 25.2. The van der Waals surface area contributed by atoms with E-state index >= 15 is 0 Å². The minimum Gasteiger partial charge on any atom is -0.493 e. The number of nitrogens with zero attached hydrogens (tertiary/aromatic N) is 2. The van der Waals surface area contributed by atoms with Gasteiger partial charge in [-0.1, -0.05) is 30.7 Å². The summed E-state index contributed by atoms with van der Waals surface area (Å²) in [7, 11) is -0.843. The van der Waals surface area contributed by atoms with E-state index in [2.05, 4.69) is 10.9 Å². The van der Waals surface area contributed by atoms with Crippen molar-refractivity contribution >= 4 is 48.5 Å². The van der Waals surface area contributed by atoms with E-state index in [4.69, 9.17) is 21.1 Å². The highest BCUT2D eigenvalue weighted by Crippen LogP contribution is 2.33. The van der Waals surface area contributed by atoms with Gasteiger partial charge in [-0.3, -0.25) is 13.6 Å². The van der Waals surface area contributed by atoms with Crippen LogP contribution in [-0.2, 0) is 9.52 Å². The summed E-state index contributed by atoms with van der Waals surface area (Å²) in [6, 6.07) is 14.4. The molecule has 4 rings (SSSR count). The highest BCUT2D eigenvalue weighted by atomic mass is 35.5. The fraction of sp³-hybridized carbons (Fsp3) is 0.240. The second kappa shape index (κ2) is 10.4. The standard InChI is InChI=1S/C25H25ClN2O5S2/c1-4-35(3,31)14-19(29)13-33-21-10-9-18(11-22(21)32-2)28-15-27-20-12-23(34-24(20)25(28)30)16-5-7-17(26)8-6-16/h5-12,15,19,29H,3-4,13-14H2,1-2H3. The van der Waals surface area contributed by atoms with Gasteiger partial charge in [0.2, 0.25) is 0 Å². The highest BCUT2D eigenvalue weighted by Gasteiger charge is 2.16. The summed E-state index contributed by atoms with van der Waals surface area (Å²) in [5.74, 6) is 4.89. The summed E-state index contributed by atoms with van der Waals surface area (Å²) in [5, 5.41) is 10.8. The quantitative estimate of drug-likeness (QED) is 0.324. The number of aliphatic hydroxyl groups is 1. The van der Waals surface area contributed by atoms with Gasteiger partial charge in [-0.05, 0) is 51.3 Å². The van der Waals surface area contributed by atoms with Crippen molar-refractivity contribution in [2.75, 3.05) is 25.2 Å². The molecule has 0 saturated heterocycles. The van der Waals surface area contributed by atoms with Crippen LogP contribution in [0.25, 0.3) is 26.3 Å². The molecule has 0 radical (unpaired) electrons. The number of thiophene rings is 1. The molecule has 1 N–H and O–H groups in total. The topological polar surface area (TPSA) is 90.6 Å². The van der Waals surface area contributed by atoms with Crippen molar-refractivity contribution in [3.8, 4) is 27.6 Å². The van der Waals surface area contributed by atoms with E-state index in [9.17, 15) is 14.1 Å². The van der Waals surface area contributed by atoms with E-state index in [1.165, 1.54) is 29.3 Å². The first-order valence-electron chi connectivity index (χ1n) is 10.8. The Bertz CT molecular complexity index is 1510. The average molecular weight is 533 g/mol. The van der Waals surface area contributed by atoms with Crippen LogP contribution in [0.2, 0.25) is 5.02 Å². The lowest BCUT2D eigenvalue weighted by molar-refractivity contribution is 0.123. The van der Waals surface area contributed by atoms with Crippen molar-refractivity contribution in [3.05, 3.63) is 70.2 Å². The Morgan fingerprint density at radius 2 is 1.94 bits per heavy atom. The third-order valence-electron chi connectivity index (χ3n) is 5.45. The van der Waals surface area contributed by atoms with Gasteiger partial charge in [0.15, 0.2) is 11.5 Å². The zero-order chi connectivity index (χ0) is 25.2. The molecule has 0 fully saturated rings. The second-order valence-electron chi connectivity index (χ2n) is 7.97. The summed E-state index contributed by atoms with van der Waals surface area (Å²) in [6.45, 7) is 1.71. The molecule has 4 aromatic rings. The first-order chi connectivity index (χ1) is 16.7. The Morgan fingerprint density at radius 1 is 1.20 bits per heavy atom. The van der Waals surface area contributed by atoms with E-state index in [-0.39, 0.29) is 17.9 Å². The van der Waals surface area contributed by atoms with E-state index in [0.29, 0.717) is 38.2 Å². The van der Waals surface area contributed by atoms with Gasteiger partial charge in [0, 0.05) is 27.5 Å². The fourth-order valence-electron chi connectivity index (χ4n) is 3.48. The van der Waals surface area contributed by atoms with Gasteiger partial charge < -0.3 is 14.6 Å². The predicted molar refractivity (Wildman–Crippen MR) is 144 cm³/mol. The van der Waals surface area contributed by atoms with Crippen LogP contribution in [-0.4, -0.2) is 56.1 Å². The van der Waals surface area contributed by atoms with Crippen LogP contribution in [0.1, 0.15) is 6.92 Å². The lowest BCUT2D eigenvalue weighted by Gasteiger charge is -2.16. The zero-order valence-corrected chi connectivity index (χ0v) is 21.7.